The van der Waals surface area contributed by atoms with E-state index in [1.165, 1.54) is 44.9 Å². The molecule has 0 N–H and O–H groups in total. The molecule has 0 aliphatic heterocycles. The maximum absolute atomic E-state index is 11.6. The first-order valence-electron chi connectivity index (χ1n) is 7.96. The first-order valence-corrected chi connectivity index (χ1v) is 9.08. The van der Waals surface area contributed by atoms with Crippen LogP contribution in [0.4, 0.5) is 0 Å². The molecule has 0 aromatic rings. The average molecular weight is 335 g/mol. The highest BCUT2D eigenvalue weighted by Crippen LogP contribution is 2.11. The molecule has 1 atom stereocenters. The third-order valence-electron chi connectivity index (χ3n) is 3.31. The summed E-state index contributed by atoms with van der Waals surface area (Å²) in [6.45, 7) is 4.22. The van der Waals surface area contributed by atoms with Gasteiger partial charge in [0.15, 0.2) is 0 Å². The normalized spacial score (nSPS) is 12.4. The third kappa shape index (κ3) is 14.2. The van der Waals surface area contributed by atoms with Gasteiger partial charge in [0, 0.05) is 11.8 Å². The molecule has 3 heteroatoms. The lowest BCUT2D eigenvalue weighted by molar-refractivity contribution is -0.148. The van der Waals surface area contributed by atoms with E-state index in [1.807, 2.05) is 6.92 Å². The topological polar surface area (TPSA) is 26.3 Å². The van der Waals surface area contributed by atoms with Crippen molar-refractivity contribution in [1.82, 2.24) is 0 Å². The highest BCUT2D eigenvalue weighted by atomic mass is 79.9. The van der Waals surface area contributed by atoms with Gasteiger partial charge in [0.1, 0.15) is 0 Å². The molecule has 114 valence electrons. The van der Waals surface area contributed by atoms with Crippen LogP contribution in [0.5, 0.6) is 0 Å². The lowest BCUT2D eigenvalue weighted by Gasteiger charge is -2.13. The molecule has 0 radical (unpaired) electrons. The molecule has 0 amide bonds. The smallest absolute Gasteiger partial charge is 0.306 e. The zero-order valence-electron chi connectivity index (χ0n) is 12.8. The average Bonchev–Trinajstić information content (AvgIpc) is 2.39. The Kier molecular flexibility index (Phi) is 14.3. The summed E-state index contributed by atoms with van der Waals surface area (Å²) in [5, 5.41) is 1.09. The van der Waals surface area contributed by atoms with Crippen LogP contribution in [-0.4, -0.2) is 17.4 Å². The number of halogens is 1. The van der Waals surface area contributed by atoms with Crippen molar-refractivity contribution in [1.29, 1.82) is 0 Å². The van der Waals surface area contributed by atoms with E-state index in [-0.39, 0.29) is 12.1 Å². The van der Waals surface area contributed by atoms with Gasteiger partial charge in [-0.3, -0.25) is 4.79 Å². The van der Waals surface area contributed by atoms with E-state index in [1.54, 1.807) is 0 Å². The Morgan fingerprint density at radius 2 is 1.63 bits per heavy atom. The number of rotatable bonds is 13. The molecule has 0 fully saturated rings. The molecule has 0 aromatic carbocycles. The molecule has 0 saturated heterocycles. The highest BCUT2D eigenvalue weighted by molar-refractivity contribution is 9.09. The largest absolute Gasteiger partial charge is 0.463 e. The first kappa shape index (κ1) is 18.9. The number of alkyl halides is 1. The lowest BCUT2D eigenvalue weighted by Crippen LogP contribution is -2.14. The van der Waals surface area contributed by atoms with Gasteiger partial charge >= 0.3 is 5.97 Å². The van der Waals surface area contributed by atoms with E-state index < -0.39 is 0 Å². The Labute approximate surface area is 127 Å². The Bertz CT molecular complexity index is 207. The van der Waals surface area contributed by atoms with Crippen LogP contribution in [0.2, 0.25) is 0 Å². The second-order valence-electron chi connectivity index (χ2n) is 5.36. The van der Waals surface area contributed by atoms with Crippen LogP contribution in [0.1, 0.15) is 84.5 Å². The van der Waals surface area contributed by atoms with Gasteiger partial charge < -0.3 is 4.74 Å². The van der Waals surface area contributed by atoms with E-state index in [4.69, 9.17) is 4.74 Å². The Morgan fingerprint density at radius 1 is 1.00 bits per heavy atom. The standard InChI is InChI=1S/C16H31BrO2/c1-3-4-5-9-12-15(2)19-16(18)13-10-7-6-8-11-14-17/h15H,3-14H2,1-2H3. The van der Waals surface area contributed by atoms with Crippen LogP contribution < -0.4 is 0 Å². The van der Waals surface area contributed by atoms with Crippen LogP contribution in [0.25, 0.3) is 0 Å². The van der Waals surface area contributed by atoms with E-state index in [2.05, 4.69) is 22.9 Å². The minimum absolute atomic E-state index is 0.0107. The molecule has 0 spiro atoms. The molecule has 0 heterocycles. The number of carbonyl (C=O) groups is 1. The zero-order chi connectivity index (χ0) is 14.3. The van der Waals surface area contributed by atoms with E-state index in [0.717, 1.165) is 24.6 Å². The molecule has 0 aliphatic carbocycles. The number of esters is 1. The summed E-state index contributed by atoms with van der Waals surface area (Å²) in [5.74, 6) is -0.0107. The quantitative estimate of drug-likeness (QED) is 0.248. The third-order valence-corrected chi connectivity index (χ3v) is 3.87. The molecule has 0 aliphatic rings. The van der Waals surface area contributed by atoms with Crippen molar-refractivity contribution in [2.45, 2.75) is 90.6 Å². The van der Waals surface area contributed by atoms with Gasteiger partial charge in [-0.05, 0) is 32.6 Å². The first-order chi connectivity index (χ1) is 9.20. The fourth-order valence-corrected chi connectivity index (χ4v) is 2.49. The van der Waals surface area contributed by atoms with Crippen molar-refractivity contribution < 1.29 is 9.53 Å². The maximum Gasteiger partial charge on any atom is 0.306 e. The molecular weight excluding hydrogens is 304 g/mol. The number of hydrogen-bond donors (Lipinski definition) is 0. The number of carbonyl (C=O) groups excluding carboxylic acids is 1. The van der Waals surface area contributed by atoms with Gasteiger partial charge in [0.25, 0.3) is 0 Å². The summed E-state index contributed by atoms with van der Waals surface area (Å²) in [7, 11) is 0. The molecule has 0 bridgehead atoms. The number of hydrogen-bond acceptors (Lipinski definition) is 2. The highest BCUT2D eigenvalue weighted by Gasteiger charge is 2.08. The van der Waals surface area contributed by atoms with Crippen molar-refractivity contribution in [3.05, 3.63) is 0 Å². The SMILES string of the molecule is CCCCCCC(C)OC(=O)CCCCCCCBr. The zero-order valence-corrected chi connectivity index (χ0v) is 14.3. The van der Waals surface area contributed by atoms with Gasteiger partial charge in [-0.15, -0.1) is 0 Å². The second-order valence-corrected chi connectivity index (χ2v) is 6.15. The van der Waals surface area contributed by atoms with Crippen LogP contribution in [0, 0.1) is 0 Å². The van der Waals surface area contributed by atoms with E-state index in [0.29, 0.717) is 6.42 Å². The summed E-state index contributed by atoms with van der Waals surface area (Å²) in [6.07, 6.45) is 12.5. The second kappa shape index (κ2) is 14.4. The van der Waals surface area contributed by atoms with E-state index in [9.17, 15) is 4.79 Å². The molecular formula is C16H31BrO2. The van der Waals surface area contributed by atoms with Crippen molar-refractivity contribution in [3.63, 3.8) is 0 Å². The van der Waals surface area contributed by atoms with Gasteiger partial charge in [-0.25, -0.2) is 0 Å². The summed E-state index contributed by atoms with van der Waals surface area (Å²) in [5.41, 5.74) is 0. The summed E-state index contributed by atoms with van der Waals surface area (Å²) in [4.78, 5) is 11.6. The van der Waals surface area contributed by atoms with Crippen LogP contribution in [0.15, 0.2) is 0 Å². The van der Waals surface area contributed by atoms with Crippen molar-refractivity contribution >= 4 is 21.9 Å². The van der Waals surface area contributed by atoms with Crippen molar-refractivity contribution in [2.24, 2.45) is 0 Å². The Balaban J connectivity index is 3.36. The fourth-order valence-electron chi connectivity index (χ4n) is 2.09. The van der Waals surface area contributed by atoms with Crippen molar-refractivity contribution in [2.75, 3.05) is 5.33 Å². The van der Waals surface area contributed by atoms with Gasteiger partial charge in [0.2, 0.25) is 0 Å². The maximum atomic E-state index is 11.6. The minimum Gasteiger partial charge on any atom is -0.463 e. The molecule has 0 rings (SSSR count). The summed E-state index contributed by atoms with van der Waals surface area (Å²) >= 11 is 3.43. The van der Waals surface area contributed by atoms with Gasteiger partial charge in [0.05, 0.1) is 6.10 Å². The van der Waals surface area contributed by atoms with Crippen LogP contribution in [0.3, 0.4) is 0 Å². The molecule has 0 aromatic heterocycles. The predicted molar refractivity (Wildman–Crippen MR) is 85.8 cm³/mol. The van der Waals surface area contributed by atoms with Crippen molar-refractivity contribution in [3.8, 4) is 0 Å². The lowest BCUT2D eigenvalue weighted by atomic mass is 10.1. The van der Waals surface area contributed by atoms with E-state index >= 15 is 0 Å². The Hall–Kier alpha value is -0.0500. The monoisotopic (exact) mass is 334 g/mol. The summed E-state index contributed by atoms with van der Waals surface area (Å²) < 4.78 is 5.41. The predicted octanol–water partition coefficient (Wildman–Crippen LogP) is 5.62. The Morgan fingerprint density at radius 3 is 2.32 bits per heavy atom. The fraction of sp³-hybridized carbons (Fsp3) is 0.938. The summed E-state index contributed by atoms with van der Waals surface area (Å²) in [6, 6.07) is 0. The minimum atomic E-state index is -0.0107. The molecule has 2 nitrogen and oxygen atoms in total. The van der Waals surface area contributed by atoms with Gasteiger partial charge in [-0.1, -0.05) is 61.4 Å². The van der Waals surface area contributed by atoms with Crippen LogP contribution in [-0.2, 0) is 9.53 Å². The number of ether oxygens (including phenoxy) is 1. The van der Waals surface area contributed by atoms with Crippen LogP contribution >= 0.6 is 15.9 Å². The number of unbranched alkanes of at least 4 members (excludes halogenated alkanes) is 7. The molecule has 0 saturated carbocycles. The van der Waals surface area contributed by atoms with Gasteiger partial charge in [-0.2, -0.15) is 0 Å². The molecule has 1 unspecified atom stereocenters. The molecule has 19 heavy (non-hydrogen) atoms.